The van der Waals surface area contributed by atoms with E-state index >= 15 is 0 Å². The van der Waals surface area contributed by atoms with Gasteiger partial charge in [-0.25, -0.2) is 0 Å². The van der Waals surface area contributed by atoms with Crippen molar-refractivity contribution in [2.24, 2.45) is 11.7 Å². The summed E-state index contributed by atoms with van der Waals surface area (Å²) in [5, 5.41) is 0. The van der Waals surface area contributed by atoms with E-state index < -0.39 is 0 Å². The molecule has 0 bridgehead atoms. The van der Waals surface area contributed by atoms with E-state index in [1.807, 2.05) is 0 Å². The van der Waals surface area contributed by atoms with Crippen molar-refractivity contribution in [1.82, 2.24) is 4.90 Å². The second kappa shape index (κ2) is 5.03. The first kappa shape index (κ1) is 12.3. The van der Waals surface area contributed by atoms with E-state index in [0.29, 0.717) is 6.04 Å². The Labute approximate surface area is 99.3 Å². The molecule has 3 heteroatoms. The second-order valence-corrected chi connectivity index (χ2v) is 5.42. The Kier molecular flexibility index (Phi) is 3.88. The molecule has 3 unspecified atom stereocenters. The van der Waals surface area contributed by atoms with Gasteiger partial charge in [-0.1, -0.05) is 19.8 Å². The lowest BCUT2D eigenvalue weighted by atomic mass is 9.82. The van der Waals surface area contributed by atoms with Crippen LogP contribution in [0.25, 0.3) is 0 Å². The highest BCUT2D eigenvalue weighted by Gasteiger charge is 2.47. The Bertz CT molecular complexity index is 234. The van der Waals surface area contributed by atoms with E-state index in [9.17, 15) is 0 Å². The van der Waals surface area contributed by atoms with Gasteiger partial charge in [0.1, 0.15) is 0 Å². The van der Waals surface area contributed by atoms with Crippen LogP contribution in [-0.4, -0.2) is 42.8 Å². The van der Waals surface area contributed by atoms with Crippen molar-refractivity contribution in [2.75, 3.05) is 26.3 Å². The molecule has 16 heavy (non-hydrogen) atoms. The van der Waals surface area contributed by atoms with Gasteiger partial charge in [0.2, 0.25) is 0 Å². The highest BCUT2D eigenvalue weighted by atomic mass is 16.5. The van der Waals surface area contributed by atoms with Crippen LogP contribution in [0.3, 0.4) is 0 Å². The molecule has 2 fully saturated rings. The lowest BCUT2D eigenvalue weighted by Crippen LogP contribution is -2.62. The van der Waals surface area contributed by atoms with Crippen LogP contribution in [-0.2, 0) is 4.74 Å². The average molecular weight is 226 g/mol. The fraction of sp³-hybridized carbons (Fsp3) is 1.00. The van der Waals surface area contributed by atoms with Gasteiger partial charge in [0.05, 0.1) is 13.2 Å². The number of rotatable bonds is 3. The summed E-state index contributed by atoms with van der Waals surface area (Å²) in [4.78, 5) is 2.65. The standard InChI is InChI=1S/C13H26N2O/c1-3-12-5-4-6-13(12,10-14)15-7-8-16-9-11(15)2/h11-12H,3-10,14H2,1-2H3. The molecule has 3 atom stereocenters. The van der Waals surface area contributed by atoms with E-state index in [1.54, 1.807) is 0 Å². The largest absolute Gasteiger partial charge is 0.379 e. The predicted octanol–water partition coefficient (Wildman–Crippen LogP) is 1.61. The minimum absolute atomic E-state index is 0.276. The Morgan fingerprint density at radius 2 is 2.31 bits per heavy atom. The first-order chi connectivity index (χ1) is 7.74. The first-order valence-corrected chi connectivity index (χ1v) is 6.79. The van der Waals surface area contributed by atoms with Gasteiger partial charge < -0.3 is 10.5 Å². The van der Waals surface area contributed by atoms with Crippen LogP contribution in [0.5, 0.6) is 0 Å². The summed E-state index contributed by atoms with van der Waals surface area (Å²) in [7, 11) is 0. The molecule has 0 radical (unpaired) electrons. The molecule has 1 aliphatic heterocycles. The quantitative estimate of drug-likeness (QED) is 0.794. The Balaban J connectivity index is 2.18. The van der Waals surface area contributed by atoms with Crippen LogP contribution in [0.4, 0.5) is 0 Å². The smallest absolute Gasteiger partial charge is 0.0620 e. The molecule has 2 N–H and O–H groups in total. The summed E-state index contributed by atoms with van der Waals surface area (Å²) in [5.41, 5.74) is 6.42. The number of ether oxygens (including phenoxy) is 1. The number of morpholine rings is 1. The molecule has 0 aromatic carbocycles. The van der Waals surface area contributed by atoms with Gasteiger partial charge in [-0.3, -0.25) is 4.90 Å². The summed E-state index contributed by atoms with van der Waals surface area (Å²) in [6, 6.07) is 0.532. The molecule has 0 aromatic rings. The van der Waals surface area contributed by atoms with Crippen molar-refractivity contribution >= 4 is 0 Å². The fourth-order valence-electron chi connectivity index (χ4n) is 3.86. The zero-order chi connectivity index (χ0) is 11.6. The third-order valence-corrected chi connectivity index (χ3v) is 4.71. The normalized spacial score (nSPS) is 41.4. The number of nitrogens with two attached hydrogens (primary N) is 1. The maximum atomic E-state index is 6.15. The van der Waals surface area contributed by atoms with Crippen LogP contribution in [0, 0.1) is 5.92 Å². The molecule has 1 aliphatic carbocycles. The summed E-state index contributed by atoms with van der Waals surface area (Å²) in [6.07, 6.45) is 5.26. The lowest BCUT2D eigenvalue weighted by molar-refractivity contribution is -0.0701. The van der Waals surface area contributed by atoms with Gasteiger partial charge in [-0.2, -0.15) is 0 Å². The molecule has 0 amide bonds. The van der Waals surface area contributed by atoms with Crippen molar-refractivity contribution in [3.63, 3.8) is 0 Å². The zero-order valence-electron chi connectivity index (χ0n) is 10.7. The van der Waals surface area contributed by atoms with Gasteiger partial charge in [-0.15, -0.1) is 0 Å². The van der Waals surface area contributed by atoms with Crippen LogP contribution >= 0.6 is 0 Å². The molecule has 2 rings (SSSR count). The molecule has 1 heterocycles. The predicted molar refractivity (Wildman–Crippen MR) is 66.4 cm³/mol. The third kappa shape index (κ3) is 1.89. The third-order valence-electron chi connectivity index (χ3n) is 4.71. The van der Waals surface area contributed by atoms with Gasteiger partial charge in [-0.05, 0) is 25.7 Å². The number of nitrogens with zero attached hydrogens (tertiary/aromatic N) is 1. The van der Waals surface area contributed by atoms with Crippen LogP contribution in [0.15, 0.2) is 0 Å². The molecule has 1 saturated carbocycles. The average Bonchev–Trinajstić information content (AvgIpc) is 2.73. The monoisotopic (exact) mass is 226 g/mol. The van der Waals surface area contributed by atoms with E-state index in [1.165, 1.54) is 25.7 Å². The van der Waals surface area contributed by atoms with E-state index in [-0.39, 0.29) is 5.54 Å². The topological polar surface area (TPSA) is 38.5 Å². The molecule has 3 nitrogen and oxygen atoms in total. The van der Waals surface area contributed by atoms with Crippen molar-refractivity contribution in [3.8, 4) is 0 Å². The lowest BCUT2D eigenvalue weighted by Gasteiger charge is -2.49. The van der Waals surface area contributed by atoms with Gasteiger partial charge in [0.25, 0.3) is 0 Å². The second-order valence-electron chi connectivity index (χ2n) is 5.42. The highest BCUT2D eigenvalue weighted by molar-refractivity contribution is 5.03. The van der Waals surface area contributed by atoms with E-state index in [2.05, 4.69) is 18.7 Å². The molecule has 1 saturated heterocycles. The van der Waals surface area contributed by atoms with Crippen LogP contribution in [0.2, 0.25) is 0 Å². The summed E-state index contributed by atoms with van der Waals surface area (Å²) in [6.45, 7) is 8.22. The zero-order valence-corrected chi connectivity index (χ0v) is 10.7. The summed E-state index contributed by atoms with van der Waals surface area (Å²) in [5.74, 6) is 0.790. The van der Waals surface area contributed by atoms with E-state index in [0.717, 1.165) is 32.2 Å². The first-order valence-electron chi connectivity index (χ1n) is 6.79. The SMILES string of the molecule is CCC1CCCC1(CN)N1CCOCC1C. The number of hydrogen-bond acceptors (Lipinski definition) is 3. The van der Waals surface area contributed by atoms with Gasteiger partial charge in [0, 0.05) is 24.7 Å². The molecular formula is C13H26N2O. The van der Waals surface area contributed by atoms with Crippen molar-refractivity contribution in [3.05, 3.63) is 0 Å². The molecule has 2 aliphatic rings. The molecular weight excluding hydrogens is 200 g/mol. The molecule has 94 valence electrons. The Hall–Kier alpha value is -0.120. The highest BCUT2D eigenvalue weighted by Crippen LogP contribution is 2.43. The van der Waals surface area contributed by atoms with Crippen molar-refractivity contribution < 1.29 is 4.74 Å². The maximum absolute atomic E-state index is 6.15. The molecule has 0 spiro atoms. The minimum Gasteiger partial charge on any atom is -0.379 e. The minimum atomic E-state index is 0.276. The van der Waals surface area contributed by atoms with Gasteiger partial charge >= 0.3 is 0 Å². The van der Waals surface area contributed by atoms with Gasteiger partial charge in [0.15, 0.2) is 0 Å². The van der Waals surface area contributed by atoms with Crippen LogP contribution in [0.1, 0.15) is 39.5 Å². The Morgan fingerprint density at radius 1 is 1.50 bits per heavy atom. The number of hydrogen-bond donors (Lipinski definition) is 1. The summed E-state index contributed by atoms with van der Waals surface area (Å²) >= 11 is 0. The molecule has 0 aromatic heterocycles. The summed E-state index contributed by atoms with van der Waals surface area (Å²) < 4.78 is 5.55. The van der Waals surface area contributed by atoms with Crippen molar-refractivity contribution in [1.29, 1.82) is 0 Å². The van der Waals surface area contributed by atoms with E-state index in [4.69, 9.17) is 10.5 Å². The van der Waals surface area contributed by atoms with Crippen LogP contribution < -0.4 is 5.73 Å². The maximum Gasteiger partial charge on any atom is 0.0620 e. The Morgan fingerprint density at radius 3 is 2.94 bits per heavy atom. The fourth-order valence-corrected chi connectivity index (χ4v) is 3.86. The van der Waals surface area contributed by atoms with Crippen molar-refractivity contribution in [2.45, 2.75) is 51.1 Å².